The van der Waals surface area contributed by atoms with E-state index < -0.39 is 0 Å². The molecule has 0 aliphatic heterocycles. The topological polar surface area (TPSA) is 42.0 Å². The Kier molecular flexibility index (Phi) is 4.46. The maximum Gasteiger partial charge on any atom is 0.233 e. The molecule has 0 aromatic carbocycles. The molecular weight excluding hydrogens is 196 g/mol. The second kappa shape index (κ2) is 5.65. The van der Waals surface area contributed by atoms with Crippen LogP contribution in [0.5, 0.6) is 0 Å². The maximum absolute atomic E-state index is 11.4. The van der Waals surface area contributed by atoms with E-state index >= 15 is 0 Å². The molecule has 76 valence electrons. The number of rotatable bonds is 4. The molecule has 0 bridgehead atoms. The maximum atomic E-state index is 11.4. The Labute approximate surface area is 88.3 Å². The van der Waals surface area contributed by atoms with E-state index in [1.807, 2.05) is 31.4 Å². The number of thioether (sulfide) groups is 1. The van der Waals surface area contributed by atoms with Crippen molar-refractivity contribution in [2.75, 3.05) is 6.26 Å². The molecule has 1 amide bonds. The SMILES string of the molecule is CS[C@@H](C)C(=O)NCc1ccccn1. The average molecular weight is 210 g/mol. The van der Waals surface area contributed by atoms with Crippen molar-refractivity contribution in [1.29, 1.82) is 0 Å². The normalized spacial score (nSPS) is 12.1. The Balaban J connectivity index is 2.38. The summed E-state index contributed by atoms with van der Waals surface area (Å²) in [6.45, 7) is 2.39. The van der Waals surface area contributed by atoms with E-state index in [-0.39, 0.29) is 11.2 Å². The summed E-state index contributed by atoms with van der Waals surface area (Å²) in [7, 11) is 0. The van der Waals surface area contributed by atoms with Crippen molar-refractivity contribution in [3.63, 3.8) is 0 Å². The summed E-state index contributed by atoms with van der Waals surface area (Å²) in [5.74, 6) is 0.0585. The fourth-order valence-corrected chi connectivity index (χ4v) is 1.23. The number of carbonyl (C=O) groups excluding carboxylic acids is 1. The summed E-state index contributed by atoms with van der Waals surface area (Å²) >= 11 is 1.54. The van der Waals surface area contributed by atoms with Gasteiger partial charge in [0.2, 0.25) is 5.91 Å². The molecule has 0 saturated heterocycles. The molecule has 1 N–H and O–H groups in total. The first-order chi connectivity index (χ1) is 6.74. The molecule has 1 atom stereocenters. The van der Waals surface area contributed by atoms with E-state index in [1.165, 1.54) is 11.8 Å². The lowest BCUT2D eigenvalue weighted by Crippen LogP contribution is -2.30. The van der Waals surface area contributed by atoms with E-state index in [0.29, 0.717) is 6.54 Å². The quantitative estimate of drug-likeness (QED) is 0.818. The number of pyridine rings is 1. The van der Waals surface area contributed by atoms with Crippen LogP contribution in [0.25, 0.3) is 0 Å². The number of hydrogen-bond acceptors (Lipinski definition) is 3. The van der Waals surface area contributed by atoms with E-state index in [9.17, 15) is 4.79 Å². The minimum Gasteiger partial charge on any atom is -0.349 e. The molecule has 0 unspecified atom stereocenters. The van der Waals surface area contributed by atoms with Crippen LogP contribution < -0.4 is 5.32 Å². The average Bonchev–Trinajstić information content (AvgIpc) is 2.26. The molecule has 0 fully saturated rings. The molecule has 0 aliphatic rings. The van der Waals surface area contributed by atoms with Gasteiger partial charge in [-0.2, -0.15) is 11.8 Å². The summed E-state index contributed by atoms with van der Waals surface area (Å²) in [6, 6.07) is 5.66. The first-order valence-electron chi connectivity index (χ1n) is 4.44. The van der Waals surface area contributed by atoms with Gasteiger partial charge in [-0.15, -0.1) is 0 Å². The van der Waals surface area contributed by atoms with Gasteiger partial charge in [0.15, 0.2) is 0 Å². The van der Waals surface area contributed by atoms with Gasteiger partial charge in [0.1, 0.15) is 0 Å². The Morgan fingerprint density at radius 2 is 2.43 bits per heavy atom. The number of aromatic nitrogens is 1. The molecule has 1 rings (SSSR count). The van der Waals surface area contributed by atoms with Gasteiger partial charge >= 0.3 is 0 Å². The largest absolute Gasteiger partial charge is 0.349 e. The first kappa shape index (κ1) is 11.0. The van der Waals surface area contributed by atoms with Gasteiger partial charge in [0.25, 0.3) is 0 Å². The van der Waals surface area contributed by atoms with Gasteiger partial charge in [0, 0.05) is 6.20 Å². The van der Waals surface area contributed by atoms with Crippen molar-refractivity contribution >= 4 is 17.7 Å². The molecule has 4 heteroatoms. The Bertz CT molecular complexity index is 289. The molecule has 0 aliphatic carbocycles. The number of carbonyl (C=O) groups is 1. The number of nitrogens with one attached hydrogen (secondary N) is 1. The Morgan fingerprint density at radius 3 is 3.00 bits per heavy atom. The molecule has 0 radical (unpaired) electrons. The summed E-state index contributed by atoms with van der Waals surface area (Å²) in [5.41, 5.74) is 0.883. The molecule has 1 heterocycles. The zero-order valence-electron chi connectivity index (χ0n) is 8.36. The van der Waals surface area contributed by atoms with Crippen LogP contribution in [0.15, 0.2) is 24.4 Å². The Morgan fingerprint density at radius 1 is 1.64 bits per heavy atom. The minimum atomic E-state index is -0.00119. The summed E-state index contributed by atoms with van der Waals surface area (Å²) in [6.07, 6.45) is 3.64. The second-order valence-corrected chi connectivity index (χ2v) is 4.10. The predicted molar refractivity (Wildman–Crippen MR) is 59.1 cm³/mol. The van der Waals surface area contributed by atoms with Gasteiger partial charge in [-0.1, -0.05) is 6.07 Å². The van der Waals surface area contributed by atoms with Crippen molar-refractivity contribution in [1.82, 2.24) is 10.3 Å². The first-order valence-corrected chi connectivity index (χ1v) is 5.73. The molecular formula is C10H14N2OS. The zero-order valence-corrected chi connectivity index (χ0v) is 9.17. The second-order valence-electron chi connectivity index (χ2n) is 2.92. The molecule has 3 nitrogen and oxygen atoms in total. The monoisotopic (exact) mass is 210 g/mol. The van der Waals surface area contributed by atoms with Gasteiger partial charge in [0.05, 0.1) is 17.5 Å². The van der Waals surface area contributed by atoms with E-state index in [4.69, 9.17) is 0 Å². The van der Waals surface area contributed by atoms with Crippen molar-refractivity contribution in [2.45, 2.75) is 18.7 Å². The lowest BCUT2D eigenvalue weighted by atomic mass is 10.3. The third kappa shape index (κ3) is 3.38. The van der Waals surface area contributed by atoms with Crippen molar-refractivity contribution in [3.05, 3.63) is 30.1 Å². The smallest absolute Gasteiger partial charge is 0.233 e. The highest BCUT2D eigenvalue weighted by molar-refractivity contribution is 7.99. The van der Waals surface area contributed by atoms with Gasteiger partial charge in [-0.25, -0.2) is 0 Å². The molecule has 0 spiro atoms. The van der Waals surface area contributed by atoms with E-state index in [1.54, 1.807) is 6.20 Å². The fraction of sp³-hybridized carbons (Fsp3) is 0.400. The standard InChI is InChI=1S/C10H14N2OS/c1-8(14-2)10(13)12-7-9-5-3-4-6-11-9/h3-6,8H,7H2,1-2H3,(H,12,13)/t8-/m0/s1. The van der Waals surface area contributed by atoms with Gasteiger partial charge in [-0.3, -0.25) is 9.78 Å². The number of amides is 1. The number of nitrogens with zero attached hydrogens (tertiary/aromatic N) is 1. The molecule has 1 aromatic rings. The summed E-state index contributed by atoms with van der Waals surface area (Å²) in [5, 5.41) is 2.83. The Hall–Kier alpha value is -1.03. The summed E-state index contributed by atoms with van der Waals surface area (Å²) in [4.78, 5) is 15.5. The van der Waals surface area contributed by atoms with E-state index in [0.717, 1.165) is 5.69 Å². The van der Waals surface area contributed by atoms with Crippen LogP contribution >= 0.6 is 11.8 Å². The summed E-state index contributed by atoms with van der Waals surface area (Å²) < 4.78 is 0. The highest BCUT2D eigenvalue weighted by Gasteiger charge is 2.09. The van der Waals surface area contributed by atoms with Crippen LogP contribution in [-0.4, -0.2) is 22.4 Å². The lowest BCUT2D eigenvalue weighted by Gasteiger charge is -2.08. The number of hydrogen-bond donors (Lipinski definition) is 1. The lowest BCUT2D eigenvalue weighted by molar-refractivity contribution is -0.120. The third-order valence-electron chi connectivity index (χ3n) is 1.89. The van der Waals surface area contributed by atoms with Crippen LogP contribution in [0.2, 0.25) is 0 Å². The fourth-order valence-electron chi connectivity index (χ4n) is 0.931. The highest BCUT2D eigenvalue weighted by atomic mass is 32.2. The van der Waals surface area contributed by atoms with Crippen molar-refractivity contribution in [2.24, 2.45) is 0 Å². The third-order valence-corrected chi connectivity index (χ3v) is 2.81. The van der Waals surface area contributed by atoms with Crippen LogP contribution in [-0.2, 0) is 11.3 Å². The highest BCUT2D eigenvalue weighted by Crippen LogP contribution is 2.04. The molecule has 1 aromatic heterocycles. The van der Waals surface area contributed by atoms with Crippen LogP contribution in [0, 0.1) is 0 Å². The van der Waals surface area contributed by atoms with Crippen LogP contribution in [0.1, 0.15) is 12.6 Å². The van der Waals surface area contributed by atoms with Crippen LogP contribution in [0.3, 0.4) is 0 Å². The predicted octanol–water partition coefficient (Wildman–Crippen LogP) is 1.45. The van der Waals surface area contributed by atoms with Crippen molar-refractivity contribution < 1.29 is 4.79 Å². The van der Waals surface area contributed by atoms with Gasteiger partial charge in [-0.05, 0) is 25.3 Å². The van der Waals surface area contributed by atoms with Gasteiger partial charge < -0.3 is 5.32 Å². The molecule has 0 saturated carbocycles. The van der Waals surface area contributed by atoms with E-state index in [2.05, 4.69) is 10.3 Å². The zero-order chi connectivity index (χ0) is 10.4. The minimum absolute atomic E-state index is 0.00119. The van der Waals surface area contributed by atoms with Crippen LogP contribution in [0.4, 0.5) is 0 Å². The molecule has 14 heavy (non-hydrogen) atoms. The van der Waals surface area contributed by atoms with Crippen molar-refractivity contribution in [3.8, 4) is 0 Å².